The average Bonchev–Trinajstić information content (AvgIpc) is 2.50. The van der Waals surface area contributed by atoms with E-state index in [0.717, 1.165) is 11.4 Å². The monoisotopic (exact) mass is 187 g/mol. The number of aliphatic hydroxyl groups is 1. The third-order valence-electron chi connectivity index (χ3n) is 1.39. The Bertz CT molecular complexity index is 284. The number of aromatic nitrogens is 1. The van der Waals surface area contributed by atoms with Gasteiger partial charge in [-0.3, -0.25) is 0 Å². The van der Waals surface area contributed by atoms with Crippen molar-refractivity contribution in [2.24, 2.45) is 0 Å². The molecule has 1 rings (SSSR count). The SMILES string of the molecule is CCc1nc(C(O)C(=O)O)cs1. The van der Waals surface area contributed by atoms with E-state index in [1.807, 2.05) is 6.92 Å². The van der Waals surface area contributed by atoms with Crippen molar-refractivity contribution in [3.63, 3.8) is 0 Å². The van der Waals surface area contributed by atoms with Crippen molar-refractivity contribution in [2.45, 2.75) is 19.4 Å². The van der Waals surface area contributed by atoms with Gasteiger partial charge in [0.15, 0.2) is 6.10 Å². The summed E-state index contributed by atoms with van der Waals surface area (Å²) in [5.74, 6) is -1.26. The lowest BCUT2D eigenvalue weighted by Gasteiger charge is -1.98. The summed E-state index contributed by atoms with van der Waals surface area (Å²) in [6, 6.07) is 0. The van der Waals surface area contributed by atoms with Gasteiger partial charge in [-0.2, -0.15) is 0 Å². The number of aliphatic hydroxyl groups excluding tert-OH is 1. The van der Waals surface area contributed by atoms with Crippen LogP contribution < -0.4 is 0 Å². The van der Waals surface area contributed by atoms with Crippen LogP contribution in [0.4, 0.5) is 0 Å². The van der Waals surface area contributed by atoms with Crippen LogP contribution in [-0.4, -0.2) is 21.2 Å². The molecule has 0 aromatic carbocycles. The van der Waals surface area contributed by atoms with Gasteiger partial charge in [0, 0.05) is 5.38 Å². The number of carbonyl (C=O) groups is 1. The van der Waals surface area contributed by atoms with E-state index in [-0.39, 0.29) is 5.69 Å². The van der Waals surface area contributed by atoms with Crippen molar-refractivity contribution < 1.29 is 15.0 Å². The van der Waals surface area contributed by atoms with Crippen LogP contribution in [0.3, 0.4) is 0 Å². The zero-order valence-electron chi connectivity index (χ0n) is 6.52. The molecule has 0 aliphatic carbocycles. The lowest BCUT2D eigenvalue weighted by atomic mass is 10.3. The fourth-order valence-corrected chi connectivity index (χ4v) is 1.50. The van der Waals surface area contributed by atoms with Gasteiger partial charge >= 0.3 is 5.97 Å². The van der Waals surface area contributed by atoms with E-state index in [1.54, 1.807) is 5.38 Å². The number of carboxylic acids is 1. The summed E-state index contributed by atoms with van der Waals surface area (Å²) in [6.07, 6.45) is -0.724. The number of aryl methyl sites for hydroxylation is 1. The van der Waals surface area contributed by atoms with Crippen LogP contribution in [0.5, 0.6) is 0 Å². The van der Waals surface area contributed by atoms with Gasteiger partial charge in [-0.15, -0.1) is 11.3 Å². The van der Waals surface area contributed by atoms with Gasteiger partial charge in [0.1, 0.15) is 0 Å². The summed E-state index contributed by atoms with van der Waals surface area (Å²) in [5.41, 5.74) is 0.226. The molecule has 0 aliphatic rings. The Morgan fingerprint density at radius 1 is 1.83 bits per heavy atom. The van der Waals surface area contributed by atoms with Crippen molar-refractivity contribution in [1.82, 2.24) is 4.98 Å². The van der Waals surface area contributed by atoms with Crippen LogP contribution in [-0.2, 0) is 11.2 Å². The smallest absolute Gasteiger partial charge is 0.338 e. The van der Waals surface area contributed by atoms with Gasteiger partial charge in [-0.25, -0.2) is 9.78 Å². The van der Waals surface area contributed by atoms with Gasteiger partial charge in [0.2, 0.25) is 0 Å². The first-order valence-electron chi connectivity index (χ1n) is 3.50. The number of aliphatic carboxylic acids is 1. The molecule has 1 aromatic heterocycles. The van der Waals surface area contributed by atoms with Crippen LogP contribution in [0.15, 0.2) is 5.38 Å². The highest BCUT2D eigenvalue weighted by Crippen LogP contribution is 2.16. The first-order chi connectivity index (χ1) is 5.65. The van der Waals surface area contributed by atoms with E-state index < -0.39 is 12.1 Å². The summed E-state index contributed by atoms with van der Waals surface area (Å²) in [7, 11) is 0. The van der Waals surface area contributed by atoms with E-state index in [0.29, 0.717) is 0 Å². The molecule has 1 unspecified atom stereocenters. The maximum Gasteiger partial charge on any atom is 0.338 e. The first-order valence-corrected chi connectivity index (χ1v) is 4.38. The number of thiazole rings is 1. The second kappa shape index (κ2) is 3.64. The normalized spacial score (nSPS) is 12.8. The molecule has 0 spiro atoms. The minimum Gasteiger partial charge on any atom is -0.479 e. The molecule has 0 saturated carbocycles. The van der Waals surface area contributed by atoms with Crippen molar-refractivity contribution in [2.75, 3.05) is 0 Å². The molecule has 4 nitrogen and oxygen atoms in total. The van der Waals surface area contributed by atoms with E-state index in [9.17, 15) is 4.79 Å². The van der Waals surface area contributed by atoms with Crippen molar-refractivity contribution in [1.29, 1.82) is 0 Å². The van der Waals surface area contributed by atoms with Crippen LogP contribution in [0.1, 0.15) is 23.7 Å². The third kappa shape index (κ3) is 1.80. The highest BCUT2D eigenvalue weighted by molar-refractivity contribution is 7.09. The summed E-state index contributed by atoms with van der Waals surface area (Å²) in [6.45, 7) is 1.93. The van der Waals surface area contributed by atoms with Gasteiger partial charge in [-0.05, 0) is 6.42 Å². The van der Waals surface area contributed by atoms with Gasteiger partial charge < -0.3 is 10.2 Å². The summed E-state index contributed by atoms with van der Waals surface area (Å²) >= 11 is 1.36. The van der Waals surface area contributed by atoms with E-state index in [4.69, 9.17) is 10.2 Å². The molecule has 0 amide bonds. The van der Waals surface area contributed by atoms with Crippen LogP contribution in [0, 0.1) is 0 Å². The number of rotatable bonds is 3. The molecule has 0 aliphatic heterocycles. The lowest BCUT2D eigenvalue weighted by molar-refractivity contribution is -0.147. The molecule has 1 heterocycles. The quantitative estimate of drug-likeness (QED) is 0.735. The van der Waals surface area contributed by atoms with E-state index >= 15 is 0 Å². The Hall–Kier alpha value is -0.940. The van der Waals surface area contributed by atoms with E-state index in [2.05, 4.69) is 4.98 Å². The standard InChI is InChI=1S/C7H9NO3S/c1-2-5-8-4(3-12-5)6(9)7(10)11/h3,6,9H,2H2,1H3,(H,10,11). The van der Waals surface area contributed by atoms with Crippen molar-refractivity contribution in [3.05, 3.63) is 16.1 Å². The number of nitrogens with zero attached hydrogens (tertiary/aromatic N) is 1. The third-order valence-corrected chi connectivity index (χ3v) is 2.40. The van der Waals surface area contributed by atoms with Crippen molar-refractivity contribution in [3.8, 4) is 0 Å². The predicted molar refractivity (Wildman–Crippen MR) is 44.1 cm³/mol. The molecule has 5 heteroatoms. The number of hydrogen-bond donors (Lipinski definition) is 2. The fourth-order valence-electron chi connectivity index (χ4n) is 0.740. The van der Waals surface area contributed by atoms with Gasteiger partial charge in [0.25, 0.3) is 0 Å². The Morgan fingerprint density at radius 3 is 2.92 bits per heavy atom. The summed E-state index contributed by atoms with van der Waals surface area (Å²) in [5, 5.41) is 19.9. The molecule has 2 N–H and O–H groups in total. The molecule has 0 fully saturated rings. The topological polar surface area (TPSA) is 70.4 Å². The average molecular weight is 187 g/mol. The maximum atomic E-state index is 10.3. The molecule has 0 saturated heterocycles. The molecule has 1 aromatic rings. The van der Waals surface area contributed by atoms with Gasteiger partial charge in [0.05, 0.1) is 10.7 Å². The Morgan fingerprint density at radius 2 is 2.50 bits per heavy atom. The molecular weight excluding hydrogens is 178 g/mol. The first kappa shape index (κ1) is 9.15. The molecule has 0 radical (unpaired) electrons. The number of carboxylic acid groups (broad SMARTS) is 1. The fraction of sp³-hybridized carbons (Fsp3) is 0.429. The molecule has 12 heavy (non-hydrogen) atoms. The second-order valence-electron chi connectivity index (χ2n) is 2.26. The van der Waals surface area contributed by atoms with Crippen molar-refractivity contribution >= 4 is 17.3 Å². The van der Waals surface area contributed by atoms with Crippen LogP contribution in [0.2, 0.25) is 0 Å². The molecule has 0 bridgehead atoms. The maximum absolute atomic E-state index is 10.3. The van der Waals surface area contributed by atoms with Crippen LogP contribution >= 0.6 is 11.3 Å². The van der Waals surface area contributed by atoms with Gasteiger partial charge in [-0.1, -0.05) is 6.92 Å². The summed E-state index contributed by atoms with van der Waals surface area (Å²) in [4.78, 5) is 14.2. The highest BCUT2D eigenvalue weighted by atomic mass is 32.1. The molecular formula is C7H9NO3S. The molecule has 1 atom stereocenters. The number of hydrogen-bond acceptors (Lipinski definition) is 4. The summed E-state index contributed by atoms with van der Waals surface area (Å²) < 4.78 is 0. The second-order valence-corrected chi connectivity index (χ2v) is 3.20. The Labute approximate surface area is 73.5 Å². The predicted octanol–water partition coefficient (Wildman–Crippen LogP) is 0.824. The molecule has 66 valence electrons. The van der Waals surface area contributed by atoms with E-state index in [1.165, 1.54) is 11.3 Å². The van der Waals surface area contributed by atoms with Crippen LogP contribution in [0.25, 0.3) is 0 Å². The zero-order chi connectivity index (χ0) is 9.14. The highest BCUT2D eigenvalue weighted by Gasteiger charge is 2.18. The zero-order valence-corrected chi connectivity index (χ0v) is 7.34. The minimum atomic E-state index is -1.48. The lowest BCUT2D eigenvalue weighted by Crippen LogP contribution is -2.10. The largest absolute Gasteiger partial charge is 0.479 e. The Balaban J connectivity index is 2.81. The minimum absolute atomic E-state index is 0.226. The Kier molecular flexibility index (Phi) is 2.78.